The molecule has 0 N–H and O–H groups in total. The molecule has 1 aromatic heterocycles. The molecule has 0 fully saturated rings. The fourth-order valence-corrected chi connectivity index (χ4v) is 2.29. The molecular formula is C13H11Br2NO2. The van der Waals surface area contributed by atoms with E-state index in [4.69, 9.17) is 4.42 Å². The Hall–Kier alpha value is -1.07. The van der Waals surface area contributed by atoms with Crippen LogP contribution in [-0.4, -0.2) is 17.9 Å². The van der Waals surface area contributed by atoms with Crippen molar-refractivity contribution in [2.75, 3.05) is 7.05 Å². The largest absolute Gasteiger partial charge is 0.444 e. The van der Waals surface area contributed by atoms with Crippen molar-refractivity contribution in [3.63, 3.8) is 0 Å². The lowest BCUT2D eigenvalue weighted by atomic mass is 10.2. The van der Waals surface area contributed by atoms with E-state index >= 15 is 0 Å². The van der Waals surface area contributed by atoms with Crippen molar-refractivity contribution in [1.82, 2.24) is 4.90 Å². The Balaban J connectivity index is 2.11. The Morgan fingerprint density at radius 1 is 1.22 bits per heavy atom. The van der Waals surface area contributed by atoms with Crippen molar-refractivity contribution in [3.8, 4) is 0 Å². The van der Waals surface area contributed by atoms with Gasteiger partial charge in [-0.05, 0) is 39.7 Å². The van der Waals surface area contributed by atoms with Gasteiger partial charge in [0.25, 0.3) is 5.91 Å². The molecule has 18 heavy (non-hydrogen) atoms. The van der Waals surface area contributed by atoms with Gasteiger partial charge < -0.3 is 9.32 Å². The molecule has 0 radical (unpaired) electrons. The first-order chi connectivity index (χ1) is 8.58. The summed E-state index contributed by atoms with van der Waals surface area (Å²) in [6.07, 6.45) is 0. The van der Waals surface area contributed by atoms with Gasteiger partial charge in [-0.15, -0.1) is 0 Å². The number of carbonyl (C=O) groups excluding carboxylic acids is 1. The van der Waals surface area contributed by atoms with Crippen LogP contribution in [0.5, 0.6) is 0 Å². The Labute approximate surface area is 122 Å². The lowest BCUT2D eigenvalue weighted by molar-refractivity contribution is 0.0752. The van der Waals surface area contributed by atoms with Crippen molar-refractivity contribution < 1.29 is 9.21 Å². The summed E-state index contributed by atoms with van der Waals surface area (Å²) < 4.78 is 6.79. The van der Waals surface area contributed by atoms with Crippen LogP contribution in [0.15, 0.2) is 50.0 Å². The third-order valence-corrected chi connectivity index (χ3v) is 3.70. The van der Waals surface area contributed by atoms with Gasteiger partial charge >= 0.3 is 0 Å². The van der Waals surface area contributed by atoms with E-state index in [9.17, 15) is 4.79 Å². The van der Waals surface area contributed by atoms with E-state index in [1.165, 1.54) is 0 Å². The van der Waals surface area contributed by atoms with E-state index in [1.807, 2.05) is 24.3 Å². The molecule has 0 saturated carbocycles. The number of carbonyl (C=O) groups is 1. The number of halogens is 2. The van der Waals surface area contributed by atoms with Crippen LogP contribution in [-0.2, 0) is 6.54 Å². The van der Waals surface area contributed by atoms with Crippen molar-refractivity contribution in [1.29, 1.82) is 0 Å². The number of furan rings is 1. The van der Waals surface area contributed by atoms with Crippen molar-refractivity contribution in [3.05, 3.63) is 56.9 Å². The third kappa shape index (κ3) is 3.03. The van der Waals surface area contributed by atoms with Gasteiger partial charge in [0.1, 0.15) is 0 Å². The van der Waals surface area contributed by atoms with Crippen LogP contribution in [0.2, 0.25) is 0 Å². The van der Waals surface area contributed by atoms with Crippen LogP contribution in [0.25, 0.3) is 0 Å². The summed E-state index contributed by atoms with van der Waals surface area (Å²) in [6, 6.07) is 11.2. The number of hydrogen-bond donors (Lipinski definition) is 0. The van der Waals surface area contributed by atoms with Gasteiger partial charge in [0.15, 0.2) is 10.4 Å². The molecule has 2 aromatic rings. The average Bonchev–Trinajstić information content (AvgIpc) is 2.78. The molecule has 0 aliphatic rings. The number of nitrogens with zero attached hydrogens (tertiary/aromatic N) is 1. The molecule has 2 rings (SSSR count). The average molecular weight is 373 g/mol. The molecule has 94 valence electrons. The van der Waals surface area contributed by atoms with Crippen molar-refractivity contribution in [2.24, 2.45) is 0 Å². The SMILES string of the molecule is CN(Cc1ccccc1Br)C(=O)c1ccc(Br)o1. The summed E-state index contributed by atoms with van der Waals surface area (Å²) in [5.41, 5.74) is 1.05. The van der Waals surface area contributed by atoms with Crippen LogP contribution < -0.4 is 0 Å². The Bertz CT molecular complexity index is 566. The monoisotopic (exact) mass is 371 g/mol. The minimum absolute atomic E-state index is 0.142. The molecule has 5 heteroatoms. The highest BCUT2D eigenvalue weighted by molar-refractivity contribution is 9.10. The number of rotatable bonds is 3. The van der Waals surface area contributed by atoms with E-state index in [0.29, 0.717) is 17.0 Å². The maximum Gasteiger partial charge on any atom is 0.289 e. The Morgan fingerprint density at radius 3 is 2.56 bits per heavy atom. The zero-order valence-corrected chi connectivity index (χ0v) is 12.9. The second kappa shape index (κ2) is 5.71. The molecule has 3 nitrogen and oxygen atoms in total. The molecule has 1 heterocycles. The van der Waals surface area contributed by atoms with Crippen LogP contribution in [0.3, 0.4) is 0 Å². The van der Waals surface area contributed by atoms with Crippen molar-refractivity contribution in [2.45, 2.75) is 6.54 Å². The molecule has 1 amide bonds. The van der Waals surface area contributed by atoms with Crippen LogP contribution in [0.1, 0.15) is 16.1 Å². The minimum atomic E-state index is -0.142. The summed E-state index contributed by atoms with van der Waals surface area (Å²) in [5, 5.41) is 0. The highest BCUT2D eigenvalue weighted by Crippen LogP contribution is 2.19. The predicted molar refractivity (Wildman–Crippen MR) is 76.3 cm³/mol. The van der Waals surface area contributed by atoms with Crippen LogP contribution in [0.4, 0.5) is 0 Å². The first kappa shape index (κ1) is 13.4. The minimum Gasteiger partial charge on any atom is -0.444 e. The lowest BCUT2D eigenvalue weighted by Crippen LogP contribution is -2.25. The van der Waals surface area contributed by atoms with Crippen molar-refractivity contribution >= 4 is 37.8 Å². The van der Waals surface area contributed by atoms with E-state index in [-0.39, 0.29) is 5.91 Å². The summed E-state index contributed by atoms with van der Waals surface area (Å²) in [4.78, 5) is 13.7. The normalized spacial score (nSPS) is 10.4. The molecule has 0 saturated heterocycles. The van der Waals surface area contributed by atoms with Gasteiger partial charge in [-0.1, -0.05) is 34.1 Å². The molecule has 1 aromatic carbocycles. The maximum atomic E-state index is 12.1. The topological polar surface area (TPSA) is 33.5 Å². The van der Waals surface area contributed by atoms with Gasteiger partial charge in [0.05, 0.1) is 0 Å². The number of benzene rings is 1. The van der Waals surface area contributed by atoms with Gasteiger partial charge in [-0.3, -0.25) is 4.79 Å². The van der Waals surface area contributed by atoms with Crippen LogP contribution in [0, 0.1) is 0 Å². The lowest BCUT2D eigenvalue weighted by Gasteiger charge is -2.16. The summed E-state index contributed by atoms with van der Waals surface area (Å²) in [6.45, 7) is 0.526. The standard InChI is InChI=1S/C13H11Br2NO2/c1-16(8-9-4-2-3-5-10(9)14)13(17)11-6-7-12(15)18-11/h2-7H,8H2,1H3. The molecule has 0 unspecified atom stereocenters. The highest BCUT2D eigenvalue weighted by atomic mass is 79.9. The summed E-state index contributed by atoms with van der Waals surface area (Å²) >= 11 is 6.65. The Morgan fingerprint density at radius 2 is 1.94 bits per heavy atom. The molecule has 0 bridgehead atoms. The fourth-order valence-electron chi connectivity index (χ4n) is 1.57. The van der Waals surface area contributed by atoms with E-state index in [0.717, 1.165) is 10.0 Å². The summed E-state index contributed by atoms with van der Waals surface area (Å²) in [5.74, 6) is 0.188. The molecule has 0 aliphatic heterocycles. The number of hydrogen-bond acceptors (Lipinski definition) is 2. The second-order valence-electron chi connectivity index (χ2n) is 3.86. The Kier molecular flexibility index (Phi) is 4.24. The smallest absolute Gasteiger partial charge is 0.289 e. The van der Waals surface area contributed by atoms with Gasteiger partial charge in [-0.25, -0.2) is 0 Å². The molecule has 0 aliphatic carbocycles. The van der Waals surface area contributed by atoms with Crippen LogP contribution >= 0.6 is 31.9 Å². The first-order valence-electron chi connectivity index (χ1n) is 5.32. The van der Waals surface area contributed by atoms with Gasteiger partial charge in [0.2, 0.25) is 0 Å². The zero-order valence-electron chi connectivity index (χ0n) is 9.69. The van der Waals surface area contributed by atoms with E-state index in [2.05, 4.69) is 31.9 Å². The fraction of sp³-hybridized carbons (Fsp3) is 0.154. The van der Waals surface area contributed by atoms with E-state index in [1.54, 1.807) is 24.1 Å². The quantitative estimate of drug-likeness (QED) is 0.813. The highest BCUT2D eigenvalue weighted by Gasteiger charge is 2.16. The first-order valence-corrected chi connectivity index (χ1v) is 6.90. The van der Waals surface area contributed by atoms with E-state index < -0.39 is 0 Å². The zero-order chi connectivity index (χ0) is 13.1. The van der Waals surface area contributed by atoms with Gasteiger partial charge in [-0.2, -0.15) is 0 Å². The molecular weight excluding hydrogens is 362 g/mol. The molecule has 0 spiro atoms. The third-order valence-electron chi connectivity index (χ3n) is 2.50. The number of amides is 1. The predicted octanol–water partition coefficient (Wildman–Crippen LogP) is 4.08. The molecule has 0 atom stereocenters. The maximum absolute atomic E-state index is 12.1. The summed E-state index contributed by atoms with van der Waals surface area (Å²) in [7, 11) is 1.75. The second-order valence-corrected chi connectivity index (χ2v) is 5.49. The van der Waals surface area contributed by atoms with Gasteiger partial charge in [0, 0.05) is 18.1 Å².